The van der Waals surface area contributed by atoms with Gasteiger partial charge in [-0.3, -0.25) is 9.59 Å². The molecule has 1 N–H and O–H groups in total. The van der Waals surface area contributed by atoms with E-state index in [1.807, 2.05) is 25.1 Å². The summed E-state index contributed by atoms with van der Waals surface area (Å²) in [6, 6.07) is 9.27. The minimum absolute atomic E-state index is 0.0491. The molecule has 2 rings (SSSR count). The van der Waals surface area contributed by atoms with E-state index in [1.165, 1.54) is 0 Å². The maximum atomic E-state index is 12.2. The molecule has 0 unspecified atom stereocenters. The number of thioether (sulfide) groups is 1. The van der Waals surface area contributed by atoms with Gasteiger partial charge in [-0.05, 0) is 20.8 Å². The lowest BCUT2D eigenvalue weighted by molar-refractivity contribution is -0.142. The highest BCUT2D eigenvalue weighted by molar-refractivity contribution is 8.00. The molecule has 0 aliphatic rings. The zero-order valence-electron chi connectivity index (χ0n) is 13.6. The minimum atomic E-state index is -0.526. The van der Waals surface area contributed by atoms with E-state index < -0.39 is 10.8 Å². The predicted octanol–water partition coefficient (Wildman–Crippen LogP) is 2.66. The number of benzene rings is 1. The number of nitriles is 1. The molecule has 24 heavy (non-hydrogen) atoms. The number of rotatable bonds is 5. The molecule has 7 heteroatoms. The first-order chi connectivity index (χ1) is 11.5. The summed E-state index contributed by atoms with van der Waals surface area (Å²) in [5.74, 6) is -0.383. The Labute approximate surface area is 143 Å². The molecule has 0 bridgehead atoms. The molecule has 0 aliphatic carbocycles. The number of nitrogens with zero attached hydrogens (tertiary/aromatic N) is 2. The molecule has 1 aromatic heterocycles. The smallest absolute Gasteiger partial charge is 0.319 e. The summed E-state index contributed by atoms with van der Waals surface area (Å²) in [5.41, 5.74) is 1.47. The predicted molar refractivity (Wildman–Crippen MR) is 91.7 cm³/mol. The van der Waals surface area contributed by atoms with Crippen LogP contribution in [0, 0.1) is 18.3 Å². The molecule has 1 heterocycles. The third-order valence-electron chi connectivity index (χ3n) is 3.24. The first kappa shape index (κ1) is 17.8. The Hall–Kier alpha value is -2.59. The van der Waals surface area contributed by atoms with E-state index in [0.29, 0.717) is 11.3 Å². The molecule has 124 valence electrons. The molecule has 0 saturated heterocycles. The summed E-state index contributed by atoms with van der Waals surface area (Å²) in [7, 11) is 0. The van der Waals surface area contributed by atoms with Gasteiger partial charge in [-0.15, -0.1) is 0 Å². The highest BCUT2D eigenvalue weighted by Gasteiger charge is 2.19. The normalized spacial score (nSPS) is 11.6. The Balaban J connectivity index is 2.42. The highest BCUT2D eigenvalue weighted by atomic mass is 32.2. The molecule has 0 saturated carbocycles. The Morgan fingerprint density at radius 1 is 1.42 bits per heavy atom. The van der Waals surface area contributed by atoms with Gasteiger partial charge < -0.3 is 9.72 Å². The molecule has 1 atom stereocenters. The zero-order chi connectivity index (χ0) is 17.7. The second-order valence-electron chi connectivity index (χ2n) is 5.08. The number of nitrogens with one attached hydrogen (secondary N) is 1. The lowest BCUT2D eigenvalue weighted by atomic mass is 10.1. The van der Waals surface area contributed by atoms with Crippen molar-refractivity contribution < 1.29 is 9.53 Å². The van der Waals surface area contributed by atoms with E-state index in [-0.39, 0.29) is 23.3 Å². The van der Waals surface area contributed by atoms with Crippen LogP contribution in [0.15, 0.2) is 34.2 Å². The first-order valence-electron chi connectivity index (χ1n) is 7.41. The lowest BCUT2D eigenvalue weighted by Crippen LogP contribution is -2.19. The van der Waals surface area contributed by atoms with Gasteiger partial charge in [0.05, 0.1) is 12.3 Å². The second kappa shape index (κ2) is 7.79. The van der Waals surface area contributed by atoms with Crippen LogP contribution in [0.1, 0.15) is 25.0 Å². The van der Waals surface area contributed by atoms with Crippen molar-refractivity contribution in [2.24, 2.45) is 0 Å². The fourth-order valence-corrected chi connectivity index (χ4v) is 2.80. The van der Waals surface area contributed by atoms with Crippen molar-refractivity contribution in [2.45, 2.75) is 31.2 Å². The van der Waals surface area contributed by atoms with Gasteiger partial charge in [0.25, 0.3) is 5.56 Å². The van der Waals surface area contributed by atoms with E-state index in [2.05, 4.69) is 9.97 Å². The quantitative estimate of drug-likeness (QED) is 0.509. The molecule has 1 aromatic carbocycles. The first-order valence-corrected chi connectivity index (χ1v) is 8.29. The number of ether oxygens (including phenoxy) is 1. The van der Waals surface area contributed by atoms with Gasteiger partial charge in [0.1, 0.15) is 16.9 Å². The fourth-order valence-electron chi connectivity index (χ4n) is 2.01. The number of esters is 1. The third-order valence-corrected chi connectivity index (χ3v) is 4.20. The van der Waals surface area contributed by atoms with Gasteiger partial charge in [-0.25, -0.2) is 4.98 Å². The Morgan fingerprint density at radius 2 is 2.08 bits per heavy atom. The van der Waals surface area contributed by atoms with E-state index in [4.69, 9.17) is 4.74 Å². The van der Waals surface area contributed by atoms with Gasteiger partial charge in [0.2, 0.25) is 0 Å². The summed E-state index contributed by atoms with van der Waals surface area (Å²) < 4.78 is 4.95. The number of hydrogen-bond acceptors (Lipinski definition) is 6. The van der Waals surface area contributed by atoms with Crippen LogP contribution in [0.4, 0.5) is 0 Å². The van der Waals surface area contributed by atoms with Gasteiger partial charge in [-0.1, -0.05) is 41.6 Å². The molecule has 0 radical (unpaired) electrons. The lowest BCUT2D eigenvalue weighted by Gasteiger charge is -2.11. The maximum absolute atomic E-state index is 12.2. The van der Waals surface area contributed by atoms with Crippen LogP contribution < -0.4 is 5.56 Å². The van der Waals surface area contributed by atoms with E-state index in [0.717, 1.165) is 17.3 Å². The maximum Gasteiger partial charge on any atom is 0.319 e. The van der Waals surface area contributed by atoms with Crippen LogP contribution in [-0.2, 0) is 9.53 Å². The SMILES string of the molecule is CCOC(=O)[C@H](C)Sc1nc(-c2ccc(C)cc2)c(C#N)c(=O)[nH]1. The van der Waals surface area contributed by atoms with E-state index in [1.54, 1.807) is 26.0 Å². The number of carbonyl (C=O) groups excluding carboxylic acids is 1. The Kier molecular flexibility index (Phi) is 5.77. The number of aryl methyl sites for hydroxylation is 1. The van der Waals surface area contributed by atoms with Crippen LogP contribution in [0.2, 0.25) is 0 Å². The van der Waals surface area contributed by atoms with Gasteiger partial charge in [0.15, 0.2) is 5.16 Å². The fraction of sp³-hybridized carbons (Fsp3) is 0.294. The number of aromatic nitrogens is 2. The van der Waals surface area contributed by atoms with Crippen LogP contribution >= 0.6 is 11.8 Å². The van der Waals surface area contributed by atoms with Crippen LogP contribution in [-0.4, -0.2) is 27.8 Å². The Morgan fingerprint density at radius 3 is 2.67 bits per heavy atom. The summed E-state index contributed by atoms with van der Waals surface area (Å²) in [5, 5.41) is 9.01. The molecular formula is C17H17N3O3S. The summed E-state index contributed by atoms with van der Waals surface area (Å²) in [4.78, 5) is 30.8. The second-order valence-corrected chi connectivity index (χ2v) is 6.41. The van der Waals surface area contributed by atoms with Gasteiger partial charge >= 0.3 is 5.97 Å². The van der Waals surface area contributed by atoms with Gasteiger partial charge in [-0.2, -0.15) is 5.26 Å². The average Bonchev–Trinajstić information content (AvgIpc) is 2.55. The summed E-state index contributed by atoms with van der Waals surface area (Å²) >= 11 is 1.09. The molecule has 0 spiro atoms. The molecule has 0 fully saturated rings. The largest absolute Gasteiger partial charge is 0.465 e. The van der Waals surface area contributed by atoms with Crippen LogP contribution in [0.3, 0.4) is 0 Å². The van der Waals surface area contributed by atoms with E-state index >= 15 is 0 Å². The standard InChI is InChI=1S/C17H17N3O3S/c1-4-23-16(22)11(3)24-17-19-14(13(9-18)15(21)20-17)12-7-5-10(2)6-8-12/h5-8,11H,4H2,1-3H3,(H,19,20,21)/t11-/m0/s1. The van der Waals surface area contributed by atoms with Crippen molar-refractivity contribution in [1.29, 1.82) is 5.26 Å². The average molecular weight is 343 g/mol. The van der Waals surface area contributed by atoms with Gasteiger partial charge in [0, 0.05) is 5.56 Å². The van der Waals surface area contributed by atoms with Crippen molar-refractivity contribution in [2.75, 3.05) is 6.61 Å². The zero-order valence-corrected chi connectivity index (χ0v) is 14.4. The topological polar surface area (TPSA) is 95.8 Å². The third kappa shape index (κ3) is 4.03. The van der Waals surface area contributed by atoms with Crippen molar-refractivity contribution in [1.82, 2.24) is 9.97 Å². The number of H-pyrrole nitrogens is 1. The molecule has 2 aromatic rings. The number of carbonyl (C=O) groups is 1. The minimum Gasteiger partial charge on any atom is -0.465 e. The molecule has 0 amide bonds. The van der Waals surface area contributed by atoms with Crippen molar-refractivity contribution in [3.63, 3.8) is 0 Å². The van der Waals surface area contributed by atoms with Crippen molar-refractivity contribution >= 4 is 17.7 Å². The Bertz CT molecular complexity index is 838. The number of hydrogen-bond donors (Lipinski definition) is 1. The summed E-state index contributed by atoms with van der Waals surface area (Å²) in [6.45, 7) is 5.64. The number of aromatic amines is 1. The van der Waals surface area contributed by atoms with Crippen molar-refractivity contribution in [3.8, 4) is 17.3 Å². The van der Waals surface area contributed by atoms with Crippen LogP contribution in [0.5, 0.6) is 0 Å². The molecule has 0 aliphatic heterocycles. The van der Waals surface area contributed by atoms with Crippen molar-refractivity contribution in [3.05, 3.63) is 45.7 Å². The monoisotopic (exact) mass is 343 g/mol. The van der Waals surface area contributed by atoms with E-state index in [9.17, 15) is 14.9 Å². The molecular weight excluding hydrogens is 326 g/mol. The molecule has 6 nitrogen and oxygen atoms in total. The summed E-state index contributed by atoms with van der Waals surface area (Å²) in [6.07, 6.45) is 0. The highest BCUT2D eigenvalue weighted by Crippen LogP contribution is 2.25. The van der Waals surface area contributed by atoms with Crippen LogP contribution in [0.25, 0.3) is 11.3 Å².